The summed E-state index contributed by atoms with van der Waals surface area (Å²) in [5.74, 6) is -1.45. The molecular formula is C16H12ClN3O2S. The smallest absolute Gasteiger partial charge is 0.315 e. The Balaban J connectivity index is 1.58. The maximum Gasteiger partial charge on any atom is 0.315 e. The number of hydrogen-bond donors (Lipinski definition) is 2. The van der Waals surface area contributed by atoms with Crippen molar-refractivity contribution in [3.05, 3.63) is 59.1 Å². The number of rotatable bonds is 3. The van der Waals surface area contributed by atoms with Crippen molar-refractivity contribution in [3.8, 4) is 0 Å². The Morgan fingerprint density at radius 1 is 1.04 bits per heavy atom. The zero-order valence-electron chi connectivity index (χ0n) is 11.9. The topological polar surface area (TPSA) is 71.1 Å². The number of thiazole rings is 1. The lowest BCUT2D eigenvalue weighted by Gasteiger charge is -2.05. The quantitative estimate of drug-likeness (QED) is 0.716. The molecule has 0 aliphatic heterocycles. The molecule has 0 aliphatic carbocycles. The van der Waals surface area contributed by atoms with Crippen LogP contribution in [0.5, 0.6) is 0 Å². The Bertz CT molecular complexity index is 828. The summed E-state index contributed by atoms with van der Waals surface area (Å²) in [5.41, 5.74) is 1.64. The molecule has 0 unspecified atom stereocenters. The average Bonchev–Trinajstić information content (AvgIpc) is 2.96. The van der Waals surface area contributed by atoms with Crippen molar-refractivity contribution in [1.82, 2.24) is 10.3 Å². The molecule has 0 saturated carbocycles. The predicted octanol–water partition coefficient (Wildman–Crippen LogP) is 3.20. The van der Waals surface area contributed by atoms with Gasteiger partial charge in [-0.3, -0.25) is 14.9 Å². The standard InChI is InChI=1S/C16H12ClN3O2S/c17-11-7-5-10(6-8-11)9-18-14(21)15(22)20-16-19-12-3-1-2-4-13(12)23-16/h1-8H,9H2,(H,18,21)(H,19,20,22). The molecule has 2 aromatic carbocycles. The van der Waals surface area contributed by atoms with E-state index in [1.54, 1.807) is 24.3 Å². The number of carbonyl (C=O) groups is 2. The first-order chi connectivity index (χ1) is 11.1. The van der Waals surface area contributed by atoms with Crippen molar-refractivity contribution in [1.29, 1.82) is 0 Å². The molecule has 1 heterocycles. The van der Waals surface area contributed by atoms with Crippen molar-refractivity contribution in [2.45, 2.75) is 6.54 Å². The van der Waals surface area contributed by atoms with Gasteiger partial charge in [0.25, 0.3) is 0 Å². The van der Waals surface area contributed by atoms with Crippen molar-refractivity contribution >= 4 is 50.1 Å². The summed E-state index contributed by atoms with van der Waals surface area (Å²) in [5, 5.41) is 6.09. The highest BCUT2D eigenvalue weighted by Gasteiger charge is 2.15. The van der Waals surface area contributed by atoms with Crippen LogP contribution in [0.25, 0.3) is 10.2 Å². The van der Waals surface area contributed by atoms with E-state index < -0.39 is 11.8 Å². The molecule has 5 nitrogen and oxygen atoms in total. The number of fused-ring (bicyclic) bond motifs is 1. The second-order valence-corrected chi connectivity index (χ2v) is 6.22. The minimum Gasteiger partial charge on any atom is -0.344 e. The third kappa shape index (κ3) is 3.85. The van der Waals surface area contributed by atoms with Gasteiger partial charge < -0.3 is 5.32 Å². The predicted molar refractivity (Wildman–Crippen MR) is 91.5 cm³/mol. The van der Waals surface area contributed by atoms with Gasteiger partial charge in [0.1, 0.15) is 0 Å². The van der Waals surface area contributed by atoms with E-state index in [1.807, 2.05) is 24.3 Å². The number of nitrogens with one attached hydrogen (secondary N) is 2. The largest absolute Gasteiger partial charge is 0.344 e. The Hall–Kier alpha value is -2.44. The fourth-order valence-corrected chi connectivity index (χ4v) is 2.93. The monoisotopic (exact) mass is 345 g/mol. The molecule has 23 heavy (non-hydrogen) atoms. The van der Waals surface area contributed by atoms with Crippen molar-refractivity contribution in [2.75, 3.05) is 5.32 Å². The number of nitrogens with zero attached hydrogens (tertiary/aromatic N) is 1. The van der Waals surface area contributed by atoms with Crippen LogP contribution in [0.3, 0.4) is 0 Å². The molecule has 0 radical (unpaired) electrons. The van der Waals surface area contributed by atoms with Crippen LogP contribution in [0.4, 0.5) is 5.13 Å². The lowest BCUT2D eigenvalue weighted by molar-refractivity contribution is -0.136. The number of benzene rings is 2. The third-order valence-corrected chi connectivity index (χ3v) is 4.29. The highest BCUT2D eigenvalue weighted by molar-refractivity contribution is 7.22. The number of para-hydroxylation sites is 1. The van der Waals surface area contributed by atoms with Gasteiger partial charge in [-0.25, -0.2) is 4.98 Å². The first-order valence-corrected chi connectivity index (χ1v) is 8.00. The lowest BCUT2D eigenvalue weighted by atomic mass is 10.2. The number of hydrogen-bond acceptors (Lipinski definition) is 4. The van der Waals surface area contributed by atoms with E-state index in [9.17, 15) is 9.59 Å². The fraction of sp³-hybridized carbons (Fsp3) is 0.0625. The van der Waals surface area contributed by atoms with Crippen LogP contribution in [0.1, 0.15) is 5.56 Å². The SMILES string of the molecule is O=C(NCc1ccc(Cl)cc1)C(=O)Nc1nc2ccccc2s1. The van der Waals surface area contributed by atoms with E-state index >= 15 is 0 Å². The molecule has 3 aromatic rings. The summed E-state index contributed by atoms with van der Waals surface area (Å²) in [6, 6.07) is 14.5. The van der Waals surface area contributed by atoms with Gasteiger partial charge in [0.05, 0.1) is 10.2 Å². The van der Waals surface area contributed by atoms with Crippen LogP contribution < -0.4 is 10.6 Å². The first-order valence-electron chi connectivity index (χ1n) is 6.81. The van der Waals surface area contributed by atoms with Gasteiger partial charge in [0.2, 0.25) is 0 Å². The number of anilines is 1. The van der Waals surface area contributed by atoms with E-state index in [0.29, 0.717) is 10.2 Å². The summed E-state index contributed by atoms with van der Waals surface area (Å²) in [6.45, 7) is 0.253. The Labute approximate surface area is 141 Å². The van der Waals surface area contributed by atoms with E-state index in [1.165, 1.54) is 11.3 Å². The number of aromatic nitrogens is 1. The zero-order chi connectivity index (χ0) is 16.2. The molecular weight excluding hydrogens is 334 g/mol. The van der Waals surface area contributed by atoms with Crippen LogP contribution in [-0.2, 0) is 16.1 Å². The van der Waals surface area contributed by atoms with Gasteiger partial charge in [-0.15, -0.1) is 0 Å². The minimum atomic E-state index is -0.738. The molecule has 0 saturated heterocycles. The van der Waals surface area contributed by atoms with Gasteiger partial charge in [-0.2, -0.15) is 0 Å². The second-order valence-electron chi connectivity index (χ2n) is 4.75. The zero-order valence-corrected chi connectivity index (χ0v) is 13.4. The van der Waals surface area contributed by atoms with E-state index in [2.05, 4.69) is 15.6 Å². The molecule has 3 rings (SSSR count). The molecule has 116 valence electrons. The molecule has 2 N–H and O–H groups in total. The van der Waals surface area contributed by atoms with Crippen LogP contribution >= 0.6 is 22.9 Å². The number of halogens is 1. The highest BCUT2D eigenvalue weighted by Crippen LogP contribution is 2.25. The van der Waals surface area contributed by atoms with Gasteiger partial charge in [0.15, 0.2) is 5.13 Å². The first kappa shape index (κ1) is 15.5. The van der Waals surface area contributed by atoms with E-state index in [-0.39, 0.29) is 6.54 Å². The normalized spacial score (nSPS) is 10.5. The maximum atomic E-state index is 11.9. The minimum absolute atomic E-state index is 0.253. The van der Waals surface area contributed by atoms with Gasteiger partial charge in [0, 0.05) is 11.6 Å². The summed E-state index contributed by atoms with van der Waals surface area (Å²) >= 11 is 7.11. The second kappa shape index (κ2) is 6.76. The molecule has 0 bridgehead atoms. The van der Waals surface area contributed by atoms with Crippen molar-refractivity contribution in [3.63, 3.8) is 0 Å². The van der Waals surface area contributed by atoms with Crippen molar-refractivity contribution < 1.29 is 9.59 Å². The van der Waals surface area contributed by atoms with Gasteiger partial charge in [-0.1, -0.05) is 47.2 Å². The fourth-order valence-electron chi connectivity index (χ4n) is 1.94. The third-order valence-electron chi connectivity index (χ3n) is 3.09. The summed E-state index contributed by atoms with van der Waals surface area (Å²) < 4.78 is 0.948. The summed E-state index contributed by atoms with van der Waals surface area (Å²) in [7, 11) is 0. The molecule has 0 spiro atoms. The molecule has 7 heteroatoms. The van der Waals surface area contributed by atoms with Crippen LogP contribution in [-0.4, -0.2) is 16.8 Å². The Morgan fingerprint density at radius 2 is 1.78 bits per heavy atom. The number of amides is 2. The molecule has 1 aromatic heterocycles. The molecule has 2 amide bonds. The average molecular weight is 346 g/mol. The molecule has 0 fully saturated rings. The maximum absolute atomic E-state index is 11.9. The van der Waals surface area contributed by atoms with Crippen LogP contribution in [0.15, 0.2) is 48.5 Å². The molecule has 0 atom stereocenters. The molecule has 0 aliphatic rings. The van der Waals surface area contributed by atoms with E-state index in [4.69, 9.17) is 11.6 Å². The van der Waals surface area contributed by atoms with Crippen LogP contribution in [0, 0.1) is 0 Å². The Kier molecular flexibility index (Phi) is 4.55. The van der Waals surface area contributed by atoms with E-state index in [0.717, 1.165) is 15.8 Å². The lowest BCUT2D eigenvalue weighted by Crippen LogP contribution is -2.34. The number of carbonyl (C=O) groups excluding carboxylic acids is 2. The van der Waals surface area contributed by atoms with Gasteiger partial charge >= 0.3 is 11.8 Å². The summed E-state index contributed by atoms with van der Waals surface area (Å²) in [6.07, 6.45) is 0. The van der Waals surface area contributed by atoms with Crippen molar-refractivity contribution in [2.24, 2.45) is 0 Å². The van der Waals surface area contributed by atoms with Gasteiger partial charge in [-0.05, 0) is 29.8 Å². The van der Waals surface area contributed by atoms with Crippen LogP contribution in [0.2, 0.25) is 5.02 Å². The highest BCUT2D eigenvalue weighted by atomic mass is 35.5. The summed E-state index contributed by atoms with van der Waals surface area (Å²) in [4.78, 5) is 28.0. The Morgan fingerprint density at radius 3 is 2.52 bits per heavy atom.